The molecule has 0 amide bonds. The lowest BCUT2D eigenvalue weighted by atomic mass is 9.65. The van der Waals surface area contributed by atoms with Crippen LogP contribution < -0.4 is 0 Å². The van der Waals surface area contributed by atoms with Gasteiger partial charge in [0.15, 0.2) is 0 Å². The van der Waals surface area contributed by atoms with E-state index in [0.717, 1.165) is 10.5 Å². The Bertz CT molecular complexity index is 439. The van der Waals surface area contributed by atoms with Gasteiger partial charge in [0.05, 0.1) is 11.5 Å². The summed E-state index contributed by atoms with van der Waals surface area (Å²) in [4.78, 5) is 12.2. The van der Waals surface area contributed by atoms with E-state index in [1.165, 1.54) is 0 Å². The van der Waals surface area contributed by atoms with Crippen molar-refractivity contribution < 1.29 is 4.79 Å². The molecule has 1 aromatic carbocycles. The van der Waals surface area contributed by atoms with Crippen molar-refractivity contribution in [2.75, 3.05) is 6.26 Å². The van der Waals surface area contributed by atoms with Crippen LogP contribution >= 0.6 is 11.8 Å². The average Bonchev–Trinajstić information content (AvgIpc) is 2.24. The summed E-state index contributed by atoms with van der Waals surface area (Å²) < 4.78 is 0. The molecule has 0 heterocycles. The van der Waals surface area contributed by atoms with Gasteiger partial charge in [-0.1, -0.05) is 18.2 Å². The second-order valence-electron chi connectivity index (χ2n) is 3.79. The van der Waals surface area contributed by atoms with E-state index in [4.69, 9.17) is 0 Å². The summed E-state index contributed by atoms with van der Waals surface area (Å²) in [7, 11) is 0. The molecule has 0 bridgehead atoms. The molecule has 0 unspecified atom stereocenters. The maximum atomic E-state index is 11.1. The fraction of sp³-hybridized carbons (Fsp3) is 0.333. The van der Waals surface area contributed by atoms with Crippen molar-refractivity contribution in [1.82, 2.24) is 0 Å². The standard InChI is InChI=1S/C12H11NOS/c1-15-11-5-3-2-4-10(11)12(8-13)6-9(14)7-12/h2-5H,6-7H2,1H3. The number of hydrogen-bond donors (Lipinski definition) is 0. The fourth-order valence-corrected chi connectivity index (χ4v) is 2.69. The Balaban J connectivity index is 2.45. The van der Waals surface area contributed by atoms with Gasteiger partial charge >= 0.3 is 0 Å². The molecule has 1 fully saturated rings. The highest BCUT2D eigenvalue weighted by atomic mass is 32.2. The summed E-state index contributed by atoms with van der Waals surface area (Å²) in [6.45, 7) is 0. The van der Waals surface area contributed by atoms with Crippen LogP contribution in [-0.2, 0) is 10.2 Å². The van der Waals surface area contributed by atoms with E-state index in [2.05, 4.69) is 6.07 Å². The highest BCUT2D eigenvalue weighted by Gasteiger charge is 2.46. The molecule has 2 rings (SSSR count). The molecule has 0 spiro atoms. The van der Waals surface area contributed by atoms with Crippen molar-refractivity contribution in [1.29, 1.82) is 5.26 Å². The van der Waals surface area contributed by atoms with Crippen LogP contribution in [0.3, 0.4) is 0 Å². The first-order valence-electron chi connectivity index (χ1n) is 4.78. The summed E-state index contributed by atoms with van der Waals surface area (Å²) in [6.07, 6.45) is 2.74. The molecule has 1 aliphatic rings. The van der Waals surface area contributed by atoms with Crippen LogP contribution in [0.4, 0.5) is 0 Å². The first kappa shape index (κ1) is 10.3. The Morgan fingerprint density at radius 2 is 2.07 bits per heavy atom. The first-order valence-corrected chi connectivity index (χ1v) is 6.01. The molecule has 0 aliphatic heterocycles. The van der Waals surface area contributed by atoms with Crippen molar-refractivity contribution in [3.05, 3.63) is 29.8 Å². The molecule has 0 aromatic heterocycles. The summed E-state index contributed by atoms with van der Waals surface area (Å²) in [5.74, 6) is 0.187. The van der Waals surface area contributed by atoms with Crippen molar-refractivity contribution >= 4 is 17.5 Å². The van der Waals surface area contributed by atoms with Crippen molar-refractivity contribution in [3.8, 4) is 6.07 Å². The molecule has 0 atom stereocenters. The first-order chi connectivity index (χ1) is 7.22. The molecule has 1 aliphatic carbocycles. The van der Waals surface area contributed by atoms with Gasteiger partial charge in [-0.3, -0.25) is 4.79 Å². The van der Waals surface area contributed by atoms with E-state index in [9.17, 15) is 10.1 Å². The van der Waals surface area contributed by atoms with E-state index in [0.29, 0.717) is 12.8 Å². The summed E-state index contributed by atoms with van der Waals surface area (Å²) in [5, 5.41) is 9.22. The van der Waals surface area contributed by atoms with Crippen molar-refractivity contribution in [2.24, 2.45) is 0 Å². The lowest BCUT2D eigenvalue weighted by Crippen LogP contribution is -2.40. The zero-order valence-electron chi connectivity index (χ0n) is 8.49. The van der Waals surface area contributed by atoms with Gasteiger partial charge in [-0.25, -0.2) is 0 Å². The molecule has 15 heavy (non-hydrogen) atoms. The number of nitrogens with zero attached hydrogens (tertiary/aromatic N) is 1. The molecule has 2 nitrogen and oxygen atoms in total. The normalized spacial score (nSPS) is 18.0. The van der Waals surface area contributed by atoms with Crippen LogP contribution in [0.1, 0.15) is 18.4 Å². The summed E-state index contributed by atoms with van der Waals surface area (Å²) in [6, 6.07) is 10.2. The third-order valence-electron chi connectivity index (χ3n) is 2.83. The molecule has 0 radical (unpaired) electrons. The van der Waals surface area contributed by atoms with Gasteiger partial charge in [0.2, 0.25) is 0 Å². The van der Waals surface area contributed by atoms with Crippen LogP contribution in [0.15, 0.2) is 29.2 Å². The van der Waals surface area contributed by atoms with Gasteiger partial charge in [0, 0.05) is 17.7 Å². The number of carbonyl (C=O) groups excluding carboxylic acids is 1. The number of nitriles is 1. The van der Waals surface area contributed by atoms with Crippen LogP contribution in [0.2, 0.25) is 0 Å². The average molecular weight is 217 g/mol. The van der Waals surface area contributed by atoms with E-state index in [-0.39, 0.29) is 5.78 Å². The molecule has 76 valence electrons. The van der Waals surface area contributed by atoms with Gasteiger partial charge in [-0.2, -0.15) is 5.26 Å². The number of thioether (sulfide) groups is 1. The molecule has 1 aromatic rings. The number of carbonyl (C=O) groups is 1. The van der Waals surface area contributed by atoms with E-state index >= 15 is 0 Å². The van der Waals surface area contributed by atoms with Gasteiger partial charge in [-0.05, 0) is 17.9 Å². The smallest absolute Gasteiger partial charge is 0.136 e. The maximum absolute atomic E-state index is 11.1. The summed E-state index contributed by atoms with van der Waals surface area (Å²) in [5.41, 5.74) is 0.469. The molecular formula is C12H11NOS. The Labute approximate surface area is 93.3 Å². The van der Waals surface area contributed by atoms with E-state index < -0.39 is 5.41 Å². The highest BCUT2D eigenvalue weighted by molar-refractivity contribution is 7.98. The second kappa shape index (κ2) is 3.71. The Hall–Kier alpha value is -1.27. The zero-order valence-corrected chi connectivity index (χ0v) is 9.30. The number of rotatable bonds is 2. The summed E-state index contributed by atoms with van der Waals surface area (Å²) >= 11 is 1.63. The Morgan fingerprint density at radius 3 is 2.60 bits per heavy atom. The second-order valence-corrected chi connectivity index (χ2v) is 4.63. The fourth-order valence-electron chi connectivity index (χ4n) is 1.99. The lowest BCUT2D eigenvalue weighted by molar-refractivity contribution is -0.126. The maximum Gasteiger partial charge on any atom is 0.136 e. The molecular weight excluding hydrogens is 206 g/mol. The zero-order chi connectivity index (χ0) is 10.9. The minimum atomic E-state index is -0.545. The van der Waals surface area contributed by atoms with Crippen molar-refractivity contribution in [2.45, 2.75) is 23.2 Å². The predicted octanol–water partition coefficient (Wildman–Crippen LogP) is 2.53. The Kier molecular flexibility index (Phi) is 2.54. The number of benzene rings is 1. The van der Waals surface area contributed by atoms with Gasteiger partial charge in [-0.15, -0.1) is 11.8 Å². The van der Waals surface area contributed by atoms with Crippen LogP contribution in [0.25, 0.3) is 0 Å². The third-order valence-corrected chi connectivity index (χ3v) is 3.63. The molecule has 1 saturated carbocycles. The minimum absolute atomic E-state index is 0.187. The van der Waals surface area contributed by atoms with Crippen LogP contribution in [0.5, 0.6) is 0 Å². The monoisotopic (exact) mass is 217 g/mol. The quantitative estimate of drug-likeness (QED) is 0.715. The largest absolute Gasteiger partial charge is 0.300 e. The van der Waals surface area contributed by atoms with Crippen LogP contribution in [-0.4, -0.2) is 12.0 Å². The van der Waals surface area contributed by atoms with E-state index in [1.807, 2.05) is 30.5 Å². The number of Topliss-reactive ketones (excluding diaryl/α,β-unsaturated/α-hetero) is 1. The topological polar surface area (TPSA) is 40.9 Å². The number of ketones is 1. The lowest BCUT2D eigenvalue weighted by Gasteiger charge is -2.35. The minimum Gasteiger partial charge on any atom is -0.300 e. The van der Waals surface area contributed by atoms with Gasteiger partial charge in [0.25, 0.3) is 0 Å². The van der Waals surface area contributed by atoms with Crippen molar-refractivity contribution in [3.63, 3.8) is 0 Å². The highest BCUT2D eigenvalue weighted by Crippen LogP contribution is 2.43. The van der Waals surface area contributed by atoms with E-state index in [1.54, 1.807) is 11.8 Å². The molecule has 0 N–H and O–H groups in total. The molecule has 0 saturated heterocycles. The van der Waals surface area contributed by atoms with Crippen LogP contribution in [0, 0.1) is 11.3 Å². The van der Waals surface area contributed by atoms with Gasteiger partial charge < -0.3 is 0 Å². The predicted molar refractivity (Wildman–Crippen MR) is 59.8 cm³/mol. The van der Waals surface area contributed by atoms with Gasteiger partial charge in [0.1, 0.15) is 5.78 Å². The third kappa shape index (κ3) is 1.55. The molecule has 3 heteroatoms. The Morgan fingerprint density at radius 1 is 1.40 bits per heavy atom. The SMILES string of the molecule is CSc1ccccc1C1(C#N)CC(=O)C1. The number of hydrogen-bond acceptors (Lipinski definition) is 3.